The van der Waals surface area contributed by atoms with Gasteiger partial charge in [-0.25, -0.2) is 9.97 Å². The average molecular weight is 445 g/mol. The highest BCUT2D eigenvalue weighted by atomic mass is 19.4. The lowest BCUT2D eigenvalue weighted by Gasteiger charge is -2.39. The number of likely N-dealkylation sites (tertiary alicyclic amines) is 1. The van der Waals surface area contributed by atoms with E-state index in [1.54, 1.807) is 0 Å². The lowest BCUT2D eigenvalue weighted by Crippen LogP contribution is -2.47. The third-order valence-electron chi connectivity index (χ3n) is 6.81. The summed E-state index contributed by atoms with van der Waals surface area (Å²) in [7, 11) is 0. The van der Waals surface area contributed by atoms with Gasteiger partial charge in [0.05, 0.1) is 30.7 Å². The number of nitrogens with one attached hydrogen (secondary N) is 2. The molecule has 6 rings (SSSR count). The summed E-state index contributed by atoms with van der Waals surface area (Å²) in [6, 6.07) is 8.66. The Hall–Kier alpha value is -2.85. The van der Waals surface area contributed by atoms with Crippen molar-refractivity contribution in [3.8, 4) is 5.75 Å². The monoisotopic (exact) mass is 445 g/mol. The van der Waals surface area contributed by atoms with E-state index in [0.717, 1.165) is 43.7 Å². The number of alkyl halides is 3. The van der Waals surface area contributed by atoms with Crippen LogP contribution in [0.2, 0.25) is 0 Å². The van der Waals surface area contributed by atoms with E-state index in [1.165, 1.54) is 6.33 Å². The van der Waals surface area contributed by atoms with E-state index < -0.39 is 11.9 Å². The molecule has 2 aromatic heterocycles. The second-order valence-corrected chi connectivity index (χ2v) is 8.72. The lowest BCUT2D eigenvalue weighted by atomic mass is 9.95. The normalized spacial score (nSPS) is 27.8. The maximum atomic E-state index is 13.3. The van der Waals surface area contributed by atoms with Crippen LogP contribution in [-0.2, 0) is 10.9 Å². The number of hydrogen-bond acceptors (Lipinski definition) is 6. The molecule has 2 N–H and O–H groups in total. The lowest BCUT2D eigenvalue weighted by molar-refractivity contribution is -0.140. The van der Waals surface area contributed by atoms with Crippen molar-refractivity contribution in [2.75, 3.05) is 38.2 Å². The van der Waals surface area contributed by atoms with Gasteiger partial charge in [0.1, 0.15) is 35.8 Å². The highest BCUT2D eigenvalue weighted by Gasteiger charge is 2.44. The summed E-state index contributed by atoms with van der Waals surface area (Å²) in [5.41, 5.74) is 0.280. The maximum Gasteiger partial charge on any atom is 0.431 e. The molecule has 5 heterocycles. The van der Waals surface area contributed by atoms with Gasteiger partial charge in [-0.3, -0.25) is 4.90 Å². The molecule has 3 aromatic rings. The number of ether oxygens (including phenoxy) is 2. The van der Waals surface area contributed by atoms with E-state index in [0.29, 0.717) is 29.6 Å². The molecular weight excluding hydrogens is 423 g/mol. The minimum absolute atomic E-state index is 0.0153. The first-order valence-electron chi connectivity index (χ1n) is 10.7. The molecule has 0 amide bonds. The number of fused-ring (bicyclic) bond motifs is 3. The average Bonchev–Trinajstić information content (AvgIpc) is 3.48. The zero-order valence-electron chi connectivity index (χ0n) is 17.1. The van der Waals surface area contributed by atoms with E-state index >= 15 is 0 Å². The van der Waals surface area contributed by atoms with E-state index in [1.807, 2.05) is 24.3 Å². The van der Waals surface area contributed by atoms with Gasteiger partial charge in [-0.05, 0) is 12.1 Å². The van der Waals surface area contributed by atoms with Gasteiger partial charge in [-0.1, -0.05) is 18.2 Å². The van der Waals surface area contributed by atoms with Crippen molar-refractivity contribution < 1.29 is 22.6 Å². The molecule has 0 spiro atoms. The first-order valence-corrected chi connectivity index (χ1v) is 10.7. The van der Waals surface area contributed by atoms with Crippen LogP contribution in [0.1, 0.15) is 17.3 Å². The number of benzene rings is 1. The van der Waals surface area contributed by atoms with Gasteiger partial charge in [0.15, 0.2) is 0 Å². The van der Waals surface area contributed by atoms with E-state index in [9.17, 15) is 13.2 Å². The number of aromatic amines is 1. The van der Waals surface area contributed by atoms with Crippen molar-refractivity contribution in [2.45, 2.75) is 18.3 Å². The van der Waals surface area contributed by atoms with Crippen LogP contribution in [0.4, 0.5) is 19.0 Å². The molecule has 0 bridgehead atoms. The van der Waals surface area contributed by atoms with Crippen molar-refractivity contribution in [3.63, 3.8) is 0 Å². The summed E-state index contributed by atoms with van der Waals surface area (Å²) in [4.78, 5) is 13.1. The van der Waals surface area contributed by atoms with Crippen LogP contribution in [-0.4, -0.2) is 58.8 Å². The van der Waals surface area contributed by atoms with Gasteiger partial charge >= 0.3 is 6.18 Å². The van der Waals surface area contributed by atoms with Crippen LogP contribution < -0.4 is 10.1 Å². The first kappa shape index (κ1) is 19.8. The Morgan fingerprint density at radius 1 is 1.06 bits per heavy atom. The van der Waals surface area contributed by atoms with E-state index in [-0.39, 0.29) is 17.7 Å². The second-order valence-electron chi connectivity index (χ2n) is 8.72. The summed E-state index contributed by atoms with van der Waals surface area (Å²) in [5.74, 6) is 2.17. The fourth-order valence-electron chi connectivity index (χ4n) is 5.19. The highest BCUT2D eigenvalue weighted by Crippen LogP contribution is 2.41. The summed E-state index contributed by atoms with van der Waals surface area (Å²) in [6.45, 7) is 3.88. The molecule has 2 unspecified atom stereocenters. The molecule has 10 heteroatoms. The molecule has 2 saturated heterocycles. The predicted octanol–water partition coefficient (Wildman–Crippen LogP) is 3.47. The standard InChI is InChI=1S/C22H22F3N5O2/c23-22(24,25)18-5-15-20(28-18)26-11-27-21(15)29-19-14-3-1-2-4-17(14)32-10-16(19)30-6-12-8-31-9-13(12)7-30/h1-5,11-13,16,19H,6-10H2,(H2,26,27,28,29)/t12-,13-,16?,19?/m0/s1. The molecule has 3 aliphatic heterocycles. The Morgan fingerprint density at radius 2 is 1.84 bits per heavy atom. The quantitative estimate of drug-likeness (QED) is 0.643. The van der Waals surface area contributed by atoms with Crippen LogP contribution in [0.5, 0.6) is 5.75 Å². The van der Waals surface area contributed by atoms with Crippen molar-refractivity contribution >= 4 is 16.9 Å². The molecule has 0 saturated carbocycles. The van der Waals surface area contributed by atoms with Gasteiger partial charge in [-0.2, -0.15) is 13.2 Å². The topological polar surface area (TPSA) is 75.3 Å². The smallest absolute Gasteiger partial charge is 0.431 e. The second kappa shape index (κ2) is 7.35. The van der Waals surface area contributed by atoms with E-state index in [4.69, 9.17) is 9.47 Å². The van der Waals surface area contributed by atoms with Crippen LogP contribution in [0.3, 0.4) is 0 Å². The van der Waals surface area contributed by atoms with Crippen LogP contribution >= 0.6 is 0 Å². The zero-order chi connectivity index (χ0) is 21.9. The number of H-pyrrole nitrogens is 1. The molecule has 32 heavy (non-hydrogen) atoms. The van der Waals surface area contributed by atoms with Crippen LogP contribution in [0, 0.1) is 11.8 Å². The summed E-state index contributed by atoms with van der Waals surface area (Å²) >= 11 is 0. The van der Waals surface area contributed by atoms with Gasteiger partial charge in [0.25, 0.3) is 0 Å². The fraction of sp³-hybridized carbons (Fsp3) is 0.455. The summed E-state index contributed by atoms with van der Waals surface area (Å²) in [6.07, 6.45) is -3.21. The van der Waals surface area contributed by atoms with Gasteiger partial charge in [0, 0.05) is 30.5 Å². The summed E-state index contributed by atoms with van der Waals surface area (Å²) in [5, 5.41) is 3.76. The van der Waals surface area contributed by atoms with Gasteiger partial charge < -0.3 is 19.8 Å². The molecule has 3 aliphatic rings. The van der Waals surface area contributed by atoms with Crippen molar-refractivity contribution in [3.05, 3.63) is 47.9 Å². The molecular formula is C22H22F3N5O2. The van der Waals surface area contributed by atoms with Gasteiger partial charge in [0.2, 0.25) is 0 Å². The van der Waals surface area contributed by atoms with Crippen molar-refractivity contribution in [2.24, 2.45) is 11.8 Å². The number of para-hydroxylation sites is 1. The molecule has 1 aromatic carbocycles. The van der Waals surface area contributed by atoms with Crippen molar-refractivity contribution in [1.29, 1.82) is 0 Å². The number of hydrogen-bond donors (Lipinski definition) is 2. The largest absolute Gasteiger partial charge is 0.491 e. The third-order valence-corrected chi connectivity index (χ3v) is 6.81. The highest BCUT2D eigenvalue weighted by molar-refractivity contribution is 5.88. The zero-order valence-corrected chi connectivity index (χ0v) is 17.1. The van der Waals surface area contributed by atoms with Gasteiger partial charge in [-0.15, -0.1) is 0 Å². The minimum Gasteiger partial charge on any atom is -0.491 e. The van der Waals surface area contributed by atoms with Crippen LogP contribution in [0.25, 0.3) is 11.0 Å². The third kappa shape index (κ3) is 3.29. The minimum atomic E-state index is -4.48. The number of anilines is 1. The molecule has 4 atom stereocenters. The Bertz CT molecular complexity index is 1140. The number of rotatable bonds is 3. The SMILES string of the molecule is FC(F)(F)c1cc2c(NC3c4ccccc4OCC3N3C[C@H]4COC[C@@H]4C3)ncnc2[nH]1. The Labute approximate surface area is 181 Å². The Morgan fingerprint density at radius 3 is 2.62 bits per heavy atom. The molecule has 0 radical (unpaired) electrons. The Kier molecular flexibility index (Phi) is 4.55. The molecule has 7 nitrogen and oxygen atoms in total. The fourth-order valence-corrected chi connectivity index (χ4v) is 5.19. The van der Waals surface area contributed by atoms with E-state index in [2.05, 4.69) is 25.2 Å². The summed E-state index contributed by atoms with van der Waals surface area (Å²) < 4.78 is 51.5. The predicted molar refractivity (Wildman–Crippen MR) is 110 cm³/mol. The van der Waals surface area contributed by atoms with Crippen molar-refractivity contribution in [1.82, 2.24) is 19.9 Å². The number of halogens is 3. The Balaban J connectivity index is 1.37. The molecule has 0 aliphatic carbocycles. The number of nitrogens with zero attached hydrogens (tertiary/aromatic N) is 3. The van der Waals surface area contributed by atoms with Crippen LogP contribution in [0.15, 0.2) is 36.7 Å². The number of aromatic nitrogens is 3. The maximum absolute atomic E-state index is 13.3. The molecule has 168 valence electrons. The first-order chi connectivity index (χ1) is 15.5. The molecule has 2 fully saturated rings.